The van der Waals surface area contributed by atoms with Crippen LogP contribution in [0.5, 0.6) is 11.8 Å². The van der Waals surface area contributed by atoms with E-state index in [1.807, 2.05) is 17.5 Å². The summed E-state index contributed by atoms with van der Waals surface area (Å²) < 4.78 is 11.2. The SMILES string of the molecule is CC(C)COc1nc(OCc2cccs2)ccc1N. The zero-order chi connectivity index (χ0) is 13.7. The highest BCUT2D eigenvalue weighted by atomic mass is 32.1. The fraction of sp³-hybridized carbons (Fsp3) is 0.357. The van der Waals surface area contributed by atoms with Crippen LogP contribution in [0.2, 0.25) is 0 Å². The molecule has 102 valence electrons. The number of nitrogens with two attached hydrogens (primary N) is 1. The number of hydrogen-bond acceptors (Lipinski definition) is 5. The molecule has 2 rings (SSSR count). The number of pyridine rings is 1. The number of aromatic nitrogens is 1. The van der Waals surface area contributed by atoms with E-state index in [2.05, 4.69) is 18.8 Å². The molecule has 0 fully saturated rings. The van der Waals surface area contributed by atoms with Gasteiger partial charge in [0.25, 0.3) is 0 Å². The van der Waals surface area contributed by atoms with E-state index in [-0.39, 0.29) is 0 Å². The van der Waals surface area contributed by atoms with Crippen LogP contribution in [0.1, 0.15) is 18.7 Å². The third-order valence-corrected chi connectivity index (χ3v) is 3.21. The Kier molecular flexibility index (Phi) is 4.63. The number of nitrogens with zero attached hydrogens (tertiary/aromatic N) is 1. The van der Waals surface area contributed by atoms with Gasteiger partial charge < -0.3 is 15.2 Å². The van der Waals surface area contributed by atoms with Crippen molar-refractivity contribution in [1.82, 2.24) is 4.98 Å². The van der Waals surface area contributed by atoms with Crippen molar-refractivity contribution in [3.63, 3.8) is 0 Å². The fourth-order valence-electron chi connectivity index (χ4n) is 1.42. The number of thiophene rings is 1. The van der Waals surface area contributed by atoms with E-state index in [9.17, 15) is 0 Å². The van der Waals surface area contributed by atoms with Gasteiger partial charge in [-0.15, -0.1) is 11.3 Å². The first-order chi connectivity index (χ1) is 9.15. The van der Waals surface area contributed by atoms with Crippen molar-refractivity contribution >= 4 is 17.0 Å². The molecule has 0 aromatic carbocycles. The van der Waals surface area contributed by atoms with E-state index in [4.69, 9.17) is 15.2 Å². The minimum absolute atomic E-state index is 0.428. The van der Waals surface area contributed by atoms with Crippen molar-refractivity contribution in [3.8, 4) is 11.8 Å². The summed E-state index contributed by atoms with van der Waals surface area (Å²) in [5.74, 6) is 1.40. The van der Waals surface area contributed by atoms with Crippen LogP contribution >= 0.6 is 11.3 Å². The highest BCUT2D eigenvalue weighted by molar-refractivity contribution is 7.09. The van der Waals surface area contributed by atoms with Gasteiger partial charge in [-0.3, -0.25) is 0 Å². The number of anilines is 1. The maximum absolute atomic E-state index is 5.83. The van der Waals surface area contributed by atoms with Gasteiger partial charge >= 0.3 is 0 Å². The van der Waals surface area contributed by atoms with E-state index in [0.717, 1.165) is 4.88 Å². The van der Waals surface area contributed by atoms with Crippen LogP contribution in [0.4, 0.5) is 5.69 Å². The monoisotopic (exact) mass is 278 g/mol. The molecule has 0 aliphatic heterocycles. The molecule has 2 aromatic rings. The van der Waals surface area contributed by atoms with E-state index in [0.29, 0.717) is 36.6 Å². The Morgan fingerprint density at radius 3 is 2.79 bits per heavy atom. The van der Waals surface area contributed by atoms with Crippen molar-refractivity contribution in [3.05, 3.63) is 34.5 Å². The minimum atomic E-state index is 0.428. The molecule has 0 amide bonds. The van der Waals surface area contributed by atoms with Gasteiger partial charge in [-0.2, -0.15) is 4.98 Å². The van der Waals surface area contributed by atoms with E-state index >= 15 is 0 Å². The Morgan fingerprint density at radius 2 is 2.11 bits per heavy atom. The lowest BCUT2D eigenvalue weighted by Gasteiger charge is -2.11. The molecule has 0 unspecified atom stereocenters. The van der Waals surface area contributed by atoms with Crippen LogP contribution in [-0.2, 0) is 6.61 Å². The van der Waals surface area contributed by atoms with Gasteiger partial charge in [0.1, 0.15) is 6.61 Å². The average Bonchev–Trinajstić information content (AvgIpc) is 2.89. The summed E-state index contributed by atoms with van der Waals surface area (Å²) in [5.41, 5.74) is 6.36. The Balaban J connectivity index is 1.99. The van der Waals surface area contributed by atoms with Crippen LogP contribution in [0.25, 0.3) is 0 Å². The normalized spacial score (nSPS) is 10.7. The Hall–Kier alpha value is -1.75. The van der Waals surface area contributed by atoms with Crippen LogP contribution in [0, 0.1) is 5.92 Å². The van der Waals surface area contributed by atoms with Crippen LogP contribution in [-0.4, -0.2) is 11.6 Å². The third kappa shape index (κ3) is 4.13. The molecule has 0 saturated heterocycles. The van der Waals surface area contributed by atoms with Gasteiger partial charge in [0.05, 0.1) is 12.3 Å². The van der Waals surface area contributed by atoms with E-state index < -0.39 is 0 Å². The molecule has 0 atom stereocenters. The van der Waals surface area contributed by atoms with Gasteiger partial charge in [-0.25, -0.2) is 0 Å². The van der Waals surface area contributed by atoms with Crippen molar-refractivity contribution in [2.45, 2.75) is 20.5 Å². The number of nitrogen functional groups attached to an aromatic ring is 1. The molecule has 0 aliphatic rings. The second kappa shape index (κ2) is 6.43. The van der Waals surface area contributed by atoms with Crippen molar-refractivity contribution in [2.24, 2.45) is 5.92 Å². The zero-order valence-electron chi connectivity index (χ0n) is 11.1. The lowest BCUT2D eigenvalue weighted by Crippen LogP contribution is -2.08. The molecule has 19 heavy (non-hydrogen) atoms. The third-order valence-electron chi connectivity index (χ3n) is 2.36. The maximum atomic E-state index is 5.83. The Bertz CT molecular complexity index is 512. The molecule has 0 saturated carbocycles. The highest BCUT2D eigenvalue weighted by Crippen LogP contribution is 2.23. The maximum Gasteiger partial charge on any atom is 0.240 e. The van der Waals surface area contributed by atoms with Gasteiger partial charge in [0.2, 0.25) is 11.8 Å². The number of rotatable bonds is 6. The molecule has 0 radical (unpaired) electrons. The van der Waals surface area contributed by atoms with E-state index in [1.165, 1.54) is 0 Å². The molecule has 0 bridgehead atoms. The summed E-state index contributed by atoms with van der Waals surface area (Å²) in [5, 5.41) is 2.02. The van der Waals surface area contributed by atoms with Gasteiger partial charge in [-0.1, -0.05) is 19.9 Å². The lowest BCUT2D eigenvalue weighted by molar-refractivity contribution is 0.251. The molecule has 2 N–H and O–H groups in total. The first kappa shape index (κ1) is 13.7. The summed E-state index contributed by atoms with van der Waals surface area (Å²) >= 11 is 1.65. The predicted octanol–water partition coefficient (Wildman–Crippen LogP) is 3.34. The average molecular weight is 278 g/mol. The van der Waals surface area contributed by atoms with Crippen molar-refractivity contribution in [1.29, 1.82) is 0 Å². The molecular weight excluding hydrogens is 260 g/mol. The topological polar surface area (TPSA) is 57.4 Å². The Labute approximate surface area is 117 Å². The molecule has 5 heteroatoms. The quantitative estimate of drug-likeness (QED) is 0.880. The molecule has 0 spiro atoms. The van der Waals surface area contributed by atoms with Gasteiger partial charge in [-0.05, 0) is 23.4 Å². The lowest BCUT2D eigenvalue weighted by atomic mass is 10.2. The first-order valence-corrected chi connectivity index (χ1v) is 7.07. The van der Waals surface area contributed by atoms with Gasteiger partial charge in [0.15, 0.2) is 0 Å². The standard InChI is InChI=1S/C14H18N2O2S/c1-10(2)8-18-14-12(15)5-6-13(16-14)17-9-11-4-3-7-19-11/h3-7,10H,8-9,15H2,1-2H3. The van der Waals surface area contributed by atoms with Crippen LogP contribution < -0.4 is 15.2 Å². The molecule has 2 heterocycles. The summed E-state index contributed by atoms with van der Waals surface area (Å²) in [7, 11) is 0. The molecular formula is C14H18N2O2S. The van der Waals surface area contributed by atoms with Gasteiger partial charge in [0, 0.05) is 10.9 Å². The van der Waals surface area contributed by atoms with E-state index in [1.54, 1.807) is 23.5 Å². The number of hydrogen-bond donors (Lipinski definition) is 1. The summed E-state index contributed by atoms with van der Waals surface area (Å²) in [6.07, 6.45) is 0. The Morgan fingerprint density at radius 1 is 1.26 bits per heavy atom. The molecule has 4 nitrogen and oxygen atoms in total. The van der Waals surface area contributed by atoms with Crippen LogP contribution in [0.15, 0.2) is 29.6 Å². The van der Waals surface area contributed by atoms with Crippen LogP contribution in [0.3, 0.4) is 0 Å². The summed E-state index contributed by atoms with van der Waals surface area (Å²) in [6.45, 7) is 5.25. The second-order valence-electron chi connectivity index (χ2n) is 4.62. The zero-order valence-corrected chi connectivity index (χ0v) is 11.9. The summed E-state index contributed by atoms with van der Waals surface area (Å²) in [6, 6.07) is 7.53. The smallest absolute Gasteiger partial charge is 0.240 e. The van der Waals surface area contributed by atoms with Crippen molar-refractivity contribution in [2.75, 3.05) is 12.3 Å². The second-order valence-corrected chi connectivity index (χ2v) is 5.65. The predicted molar refractivity (Wildman–Crippen MR) is 77.6 cm³/mol. The minimum Gasteiger partial charge on any atom is -0.476 e. The summed E-state index contributed by atoms with van der Waals surface area (Å²) in [4.78, 5) is 5.43. The van der Waals surface area contributed by atoms with Crippen molar-refractivity contribution < 1.29 is 9.47 Å². The highest BCUT2D eigenvalue weighted by Gasteiger charge is 2.07. The fourth-order valence-corrected chi connectivity index (χ4v) is 2.03. The molecule has 0 aliphatic carbocycles. The number of ether oxygens (including phenoxy) is 2. The molecule has 2 aromatic heterocycles. The first-order valence-electron chi connectivity index (χ1n) is 6.19. The largest absolute Gasteiger partial charge is 0.476 e.